The van der Waals surface area contributed by atoms with Crippen molar-refractivity contribution in [2.45, 2.75) is 38.1 Å². The largest absolute Gasteiger partial charge is 0.497 e. The Labute approximate surface area is 103 Å². The zero-order valence-electron chi connectivity index (χ0n) is 10.5. The van der Waals surface area contributed by atoms with Gasteiger partial charge in [-0.1, -0.05) is 23.8 Å². The van der Waals surface area contributed by atoms with Gasteiger partial charge in [-0.2, -0.15) is 0 Å². The molecule has 1 aliphatic rings. The first-order valence-corrected chi connectivity index (χ1v) is 6.34. The average molecular weight is 231 g/mol. The zero-order chi connectivity index (χ0) is 12.1. The van der Waals surface area contributed by atoms with Gasteiger partial charge in [-0.05, 0) is 49.8 Å². The van der Waals surface area contributed by atoms with Gasteiger partial charge in [0.15, 0.2) is 0 Å². The number of hydrogen-bond donors (Lipinski definition) is 1. The third-order valence-corrected chi connectivity index (χ3v) is 3.44. The summed E-state index contributed by atoms with van der Waals surface area (Å²) >= 11 is 0. The fourth-order valence-corrected chi connectivity index (χ4v) is 2.23. The van der Waals surface area contributed by atoms with Crippen LogP contribution in [-0.4, -0.2) is 13.2 Å². The van der Waals surface area contributed by atoms with Crippen molar-refractivity contribution in [3.8, 4) is 5.75 Å². The van der Waals surface area contributed by atoms with Gasteiger partial charge in [-0.15, -0.1) is 0 Å². The van der Waals surface area contributed by atoms with Crippen LogP contribution in [-0.2, 0) is 6.42 Å². The van der Waals surface area contributed by atoms with E-state index in [9.17, 15) is 0 Å². The molecule has 17 heavy (non-hydrogen) atoms. The van der Waals surface area contributed by atoms with E-state index in [0.717, 1.165) is 25.0 Å². The molecule has 0 spiro atoms. The Bertz CT molecular complexity index is 380. The second-order valence-corrected chi connectivity index (χ2v) is 4.74. The van der Waals surface area contributed by atoms with E-state index in [1.54, 1.807) is 12.7 Å². The summed E-state index contributed by atoms with van der Waals surface area (Å²) < 4.78 is 5.15. The Morgan fingerprint density at radius 2 is 2.00 bits per heavy atom. The van der Waals surface area contributed by atoms with E-state index in [0.29, 0.717) is 6.04 Å². The molecule has 0 saturated carbocycles. The summed E-state index contributed by atoms with van der Waals surface area (Å²) in [6.07, 6.45) is 7.99. The van der Waals surface area contributed by atoms with Crippen molar-refractivity contribution in [2.24, 2.45) is 5.73 Å². The van der Waals surface area contributed by atoms with Crippen molar-refractivity contribution >= 4 is 0 Å². The molecule has 1 atom stereocenters. The normalized spacial score (nSPS) is 19.9. The molecule has 0 bridgehead atoms. The molecule has 1 unspecified atom stereocenters. The summed E-state index contributed by atoms with van der Waals surface area (Å²) in [5, 5.41) is 0. The standard InChI is InChI=1S/C15H21NO/c1-17-15-10-6-13(7-11-15)3-2-12-4-8-14(16)9-5-12/h4,6-7,10-11,14H,2-3,5,8-9,16H2,1H3. The molecular formula is C15H21NO. The van der Waals surface area contributed by atoms with Crippen molar-refractivity contribution in [3.63, 3.8) is 0 Å². The first-order chi connectivity index (χ1) is 8.28. The molecule has 2 heteroatoms. The zero-order valence-corrected chi connectivity index (χ0v) is 10.5. The van der Waals surface area contributed by atoms with Crippen molar-refractivity contribution in [2.75, 3.05) is 7.11 Å². The van der Waals surface area contributed by atoms with Gasteiger partial charge in [-0.25, -0.2) is 0 Å². The van der Waals surface area contributed by atoms with Crippen molar-refractivity contribution in [1.29, 1.82) is 0 Å². The van der Waals surface area contributed by atoms with Gasteiger partial charge in [0.1, 0.15) is 5.75 Å². The maximum atomic E-state index is 5.88. The van der Waals surface area contributed by atoms with Gasteiger partial charge in [0.25, 0.3) is 0 Å². The lowest BCUT2D eigenvalue weighted by Crippen LogP contribution is -2.21. The van der Waals surface area contributed by atoms with E-state index in [-0.39, 0.29) is 0 Å². The number of benzene rings is 1. The predicted molar refractivity (Wildman–Crippen MR) is 71.2 cm³/mol. The smallest absolute Gasteiger partial charge is 0.118 e. The Balaban J connectivity index is 1.85. The highest BCUT2D eigenvalue weighted by atomic mass is 16.5. The minimum atomic E-state index is 0.389. The minimum absolute atomic E-state index is 0.389. The number of rotatable bonds is 4. The SMILES string of the molecule is COc1ccc(CCC2=CCC(N)CC2)cc1. The lowest BCUT2D eigenvalue weighted by Gasteiger charge is -2.18. The number of aryl methyl sites for hydroxylation is 1. The summed E-state index contributed by atoms with van der Waals surface area (Å²) in [6.45, 7) is 0. The van der Waals surface area contributed by atoms with Crippen LogP contribution >= 0.6 is 0 Å². The van der Waals surface area contributed by atoms with Crippen molar-refractivity contribution in [1.82, 2.24) is 0 Å². The monoisotopic (exact) mass is 231 g/mol. The van der Waals surface area contributed by atoms with Crippen LogP contribution in [0.5, 0.6) is 5.75 Å². The van der Waals surface area contributed by atoms with Gasteiger partial charge >= 0.3 is 0 Å². The summed E-state index contributed by atoms with van der Waals surface area (Å²) in [7, 11) is 1.70. The number of ether oxygens (including phenoxy) is 1. The van der Waals surface area contributed by atoms with Crippen LogP contribution in [0.2, 0.25) is 0 Å². The second-order valence-electron chi connectivity index (χ2n) is 4.74. The molecule has 2 nitrogen and oxygen atoms in total. The highest BCUT2D eigenvalue weighted by molar-refractivity contribution is 5.27. The topological polar surface area (TPSA) is 35.2 Å². The van der Waals surface area contributed by atoms with E-state index < -0.39 is 0 Å². The quantitative estimate of drug-likeness (QED) is 0.808. The minimum Gasteiger partial charge on any atom is -0.497 e. The first kappa shape index (κ1) is 12.2. The molecule has 0 fully saturated rings. The molecule has 0 aliphatic heterocycles. The van der Waals surface area contributed by atoms with E-state index in [4.69, 9.17) is 10.5 Å². The molecule has 2 N–H and O–H groups in total. The van der Waals surface area contributed by atoms with Gasteiger partial charge in [0, 0.05) is 6.04 Å². The highest BCUT2D eigenvalue weighted by Gasteiger charge is 2.09. The van der Waals surface area contributed by atoms with Crippen LogP contribution in [0.15, 0.2) is 35.9 Å². The molecular weight excluding hydrogens is 210 g/mol. The van der Waals surface area contributed by atoms with Gasteiger partial charge < -0.3 is 10.5 Å². The fraction of sp³-hybridized carbons (Fsp3) is 0.467. The third kappa shape index (κ3) is 3.60. The Morgan fingerprint density at radius 3 is 2.59 bits per heavy atom. The predicted octanol–water partition coefficient (Wildman–Crippen LogP) is 3.07. The van der Waals surface area contributed by atoms with Crippen LogP contribution in [0, 0.1) is 0 Å². The molecule has 0 aromatic heterocycles. The van der Waals surface area contributed by atoms with Gasteiger partial charge in [-0.3, -0.25) is 0 Å². The third-order valence-electron chi connectivity index (χ3n) is 3.44. The van der Waals surface area contributed by atoms with Crippen LogP contribution < -0.4 is 10.5 Å². The Morgan fingerprint density at radius 1 is 1.24 bits per heavy atom. The second kappa shape index (κ2) is 5.87. The van der Waals surface area contributed by atoms with E-state index >= 15 is 0 Å². The van der Waals surface area contributed by atoms with Crippen LogP contribution in [0.4, 0.5) is 0 Å². The fourth-order valence-electron chi connectivity index (χ4n) is 2.23. The summed E-state index contributed by atoms with van der Waals surface area (Å²) in [4.78, 5) is 0. The Kier molecular flexibility index (Phi) is 4.21. The summed E-state index contributed by atoms with van der Waals surface area (Å²) in [5.74, 6) is 0.927. The lowest BCUT2D eigenvalue weighted by atomic mass is 9.92. The average Bonchev–Trinajstić information content (AvgIpc) is 2.39. The van der Waals surface area contributed by atoms with Crippen LogP contribution in [0.25, 0.3) is 0 Å². The number of allylic oxidation sites excluding steroid dienone is 1. The molecule has 1 aliphatic carbocycles. The Hall–Kier alpha value is -1.28. The van der Waals surface area contributed by atoms with Crippen LogP contribution in [0.3, 0.4) is 0 Å². The molecule has 0 saturated heterocycles. The number of methoxy groups -OCH3 is 1. The van der Waals surface area contributed by atoms with Gasteiger partial charge in [0.2, 0.25) is 0 Å². The van der Waals surface area contributed by atoms with E-state index in [2.05, 4.69) is 18.2 Å². The van der Waals surface area contributed by atoms with Crippen LogP contribution in [0.1, 0.15) is 31.2 Å². The lowest BCUT2D eigenvalue weighted by molar-refractivity contribution is 0.414. The molecule has 0 radical (unpaired) electrons. The molecule has 2 rings (SSSR count). The molecule has 0 amide bonds. The van der Waals surface area contributed by atoms with E-state index in [1.807, 2.05) is 12.1 Å². The van der Waals surface area contributed by atoms with Crippen molar-refractivity contribution < 1.29 is 4.74 Å². The summed E-state index contributed by atoms with van der Waals surface area (Å²) in [5.41, 5.74) is 8.83. The highest BCUT2D eigenvalue weighted by Crippen LogP contribution is 2.22. The molecule has 0 heterocycles. The molecule has 1 aromatic carbocycles. The van der Waals surface area contributed by atoms with E-state index in [1.165, 1.54) is 18.4 Å². The maximum absolute atomic E-state index is 5.88. The molecule has 1 aromatic rings. The van der Waals surface area contributed by atoms with Crippen molar-refractivity contribution in [3.05, 3.63) is 41.5 Å². The maximum Gasteiger partial charge on any atom is 0.118 e. The summed E-state index contributed by atoms with van der Waals surface area (Å²) in [6, 6.07) is 8.74. The first-order valence-electron chi connectivity index (χ1n) is 6.34. The number of nitrogens with two attached hydrogens (primary N) is 1. The molecule has 92 valence electrons. The van der Waals surface area contributed by atoms with Gasteiger partial charge in [0.05, 0.1) is 7.11 Å². The number of hydrogen-bond acceptors (Lipinski definition) is 2.